The lowest BCUT2D eigenvalue weighted by molar-refractivity contribution is 0.173. The fourth-order valence-electron chi connectivity index (χ4n) is 4.86. The van der Waals surface area contributed by atoms with Crippen molar-refractivity contribution in [1.29, 1.82) is 0 Å². The minimum atomic E-state index is 0.118. The van der Waals surface area contributed by atoms with Crippen LogP contribution in [0.4, 0.5) is 0 Å². The van der Waals surface area contributed by atoms with Crippen molar-refractivity contribution in [2.75, 3.05) is 47.2 Å². The highest BCUT2D eigenvalue weighted by atomic mass is 16.7. The fraction of sp³-hybridized carbons (Fsp3) is 0.682. The zero-order chi connectivity index (χ0) is 19.4. The molecule has 4 rings (SSSR count). The number of benzene rings is 1. The minimum Gasteiger partial charge on any atom is -0.454 e. The summed E-state index contributed by atoms with van der Waals surface area (Å²) in [5, 5.41) is 3.68. The van der Waals surface area contributed by atoms with E-state index in [-0.39, 0.29) is 5.41 Å². The molecule has 1 saturated carbocycles. The second kappa shape index (κ2) is 8.60. The molecule has 0 radical (unpaired) electrons. The summed E-state index contributed by atoms with van der Waals surface area (Å²) >= 11 is 0. The number of hydrogen-bond acceptors (Lipinski definition) is 4. The Morgan fingerprint density at radius 1 is 1.21 bits per heavy atom. The van der Waals surface area contributed by atoms with Gasteiger partial charge in [-0.15, -0.1) is 0 Å². The van der Waals surface area contributed by atoms with Gasteiger partial charge in [-0.25, -0.2) is 0 Å². The predicted octanol–water partition coefficient (Wildman–Crippen LogP) is 3.16. The quantitative estimate of drug-likeness (QED) is 0.621. The largest absolute Gasteiger partial charge is 0.454 e. The Morgan fingerprint density at radius 2 is 2.04 bits per heavy atom. The van der Waals surface area contributed by atoms with Crippen molar-refractivity contribution >= 4 is 5.96 Å². The number of guanidine groups is 1. The summed E-state index contributed by atoms with van der Waals surface area (Å²) in [6.45, 7) is 3.95. The average Bonchev–Trinajstić information content (AvgIpc) is 3.40. The van der Waals surface area contributed by atoms with E-state index < -0.39 is 0 Å². The number of fused-ring (bicyclic) bond motifs is 1. The van der Waals surface area contributed by atoms with Crippen LogP contribution in [0.1, 0.15) is 44.1 Å². The second-order valence-corrected chi connectivity index (χ2v) is 8.42. The molecule has 0 amide bonds. The van der Waals surface area contributed by atoms with Gasteiger partial charge < -0.3 is 24.4 Å². The van der Waals surface area contributed by atoms with Crippen LogP contribution in [-0.2, 0) is 10.2 Å². The number of nitrogens with zero attached hydrogens (tertiary/aromatic N) is 2. The highest BCUT2D eigenvalue weighted by Gasteiger charge is 2.35. The molecule has 154 valence electrons. The van der Waals surface area contributed by atoms with Crippen LogP contribution in [0.2, 0.25) is 0 Å². The molecule has 0 bridgehead atoms. The highest BCUT2D eigenvalue weighted by Crippen LogP contribution is 2.43. The van der Waals surface area contributed by atoms with Crippen molar-refractivity contribution < 1.29 is 14.2 Å². The predicted molar refractivity (Wildman–Crippen MR) is 110 cm³/mol. The summed E-state index contributed by atoms with van der Waals surface area (Å²) in [7, 11) is 4.00. The van der Waals surface area contributed by atoms with Crippen LogP contribution in [0.3, 0.4) is 0 Å². The first-order valence-electron chi connectivity index (χ1n) is 10.6. The Hall–Kier alpha value is -1.95. The van der Waals surface area contributed by atoms with Gasteiger partial charge in [0.25, 0.3) is 0 Å². The van der Waals surface area contributed by atoms with Crippen LogP contribution in [-0.4, -0.2) is 58.1 Å². The van der Waals surface area contributed by atoms with Gasteiger partial charge in [0.05, 0.1) is 6.61 Å². The molecule has 6 heteroatoms. The van der Waals surface area contributed by atoms with E-state index in [1.165, 1.54) is 37.7 Å². The number of ether oxygens (including phenoxy) is 3. The Kier molecular flexibility index (Phi) is 5.95. The smallest absolute Gasteiger partial charge is 0.231 e. The van der Waals surface area contributed by atoms with Crippen molar-refractivity contribution in [3.05, 3.63) is 23.8 Å². The molecule has 28 heavy (non-hydrogen) atoms. The SMILES string of the molecule is CN=C(NCC1(c2ccc3c(c2)OCO3)CCCCC1)N(C)CC1CCOC1. The van der Waals surface area contributed by atoms with Crippen LogP contribution in [0.15, 0.2) is 23.2 Å². The zero-order valence-electron chi connectivity index (χ0n) is 17.2. The molecule has 1 unspecified atom stereocenters. The third-order valence-corrected chi connectivity index (χ3v) is 6.51. The number of aliphatic imine (C=N–C) groups is 1. The molecule has 1 aliphatic carbocycles. The van der Waals surface area contributed by atoms with Crippen molar-refractivity contribution in [3.8, 4) is 11.5 Å². The molecule has 1 aromatic rings. The fourth-order valence-corrected chi connectivity index (χ4v) is 4.86. The molecule has 1 N–H and O–H groups in total. The van der Waals surface area contributed by atoms with E-state index in [0.717, 1.165) is 50.2 Å². The van der Waals surface area contributed by atoms with E-state index in [1.54, 1.807) is 0 Å². The maximum Gasteiger partial charge on any atom is 0.231 e. The molecular weight excluding hydrogens is 354 g/mol. The van der Waals surface area contributed by atoms with Crippen molar-refractivity contribution in [2.24, 2.45) is 10.9 Å². The highest BCUT2D eigenvalue weighted by molar-refractivity contribution is 5.79. The molecular formula is C22H33N3O3. The van der Waals surface area contributed by atoms with Gasteiger partial charge in [0.15, 0.2) is 17.5 Å². The van der Waals surface area contributed by atoms with Crippen molar-refractivity contribution in [2.45, 2.75) is 43.9 Å². The van der Waals surface area contributed by atoms with Crippen LogP contribution in [0.25, 0.3) is 0 Å². The molecule has 0 spiro atoms. The summed E-state index contributed by atoms with van der Waals surface area (Å²) in [6, 6.07) is 6.48. The summed E-state index contributed by atoms with van der Waals surface area (Å²) < 4.78 is 16.7. The van der Waals surface area contributed by atoms with E-state index in [9.17, 15) is 0 Å². The standard InChI is InChI=1S/C22H33N3O3/c1-23-21(25(2)13-17-8-11-26-14-17)24-15-22(9-4-3-5-10-22)18-6-7-19-20(12-18)28-16-27-19/h6-7,12,17H,3-5,8-11,13-16H2,1-2H3,(H,23,24). The van der Waals surface area contributed by atoms with Gasteiger partial charge >= 0.3 is 0 Å². The number of hydrogen-bond donors (Lipinski definition) is 1. The van der Waals surface area contributed by atoms with Crippen molar-refractivity contribution in [1.82, 2.24) is 10.2 Å². The molecule has 1 aromatic carbocycles. The van der Waals surface area contributed by atoms with Gasteiger partial charge in [0.1, 0.15) is 0 Å². The molecule has 2 fully saturated rings. The molecule has 1 atom stereocenters. The number of rotatable bonds is 5. The first-order chi connectivity index (χ1) is 13.7. The summed E-state index contributed by atoms with van der Waals surface area (Å²) in [5.74, 6) is 3.31. The van der Waals surface area contributed by atoms with E-state index >= 15 is 0 Å². The second-order valence-electron chi connectivity index (χ2n) is 8.42. The zero-order valence-corrected chi connectivity index (χ0v) is 17.2. The van der Waals surface area contributed by atoms with Gasteiger partial charge in [-0.2, -0.15) is 0 Å². The molecule has 3 aliphatic rings. The Morgan fingerprint density at radius 3 is 2.79 bits per heavy atom. The average molecular weight is 388 g/mol. The van der Waals surface area contributed by atoms with E-state index in [1.807, 2.05) is 7.05 Å². The third kappa shape index (κ3) is 4.07. The van der Waals surface area contributed by atoms with Crippen LogP contribution in [0, 0.1) is 5.92 Å². The molecule has 2 heterocycles. The van der Waals surface area contributed by atoms with Crippen LogP contribution in [0.5, 0.6) is 11.5 Å². The van der Waals surface area contributed by atoms with Crippen LogP contribution >= 0.6 is 0 Å². The van der Waals surface area contributed by atoms with E-state index in [0.29, 0.717) is 12.7 Å². The van der Waals surface area contributed by atoms with Gasteiger partial charge in [-0.05, 0) is 37.0 Å². The normalized spacial score (nSPS) is 23.6. The first-order valence-corrected chi connectivity index (χ1v) is 10.6. The lowest BCUT2D eigenvalue weighted by Gasteiger charge is -2.39. The maximum atomic E-state index is 5.65. The summed E-state index contributed by atoms with van der Waals surface area (Å²) in [5.41, 5.74) is 1.47. The molecule has 0 aromatic heterocycles. The molecule has 1 saturated heterocycles. The van der Waals surface area contributed by atoms with E-state index in [4.69, 9.17) is 14.2 Å². The van der Waals surface area contributed by atoms with Gasteiger partial charge in [-0.3, -0.25) is 4.99 Å². The lowest BCUT2D eigenvalue weighted by atomic mass is 9.69. The minimum absolute atomic E-state index is 0.118. The summed E-state index contributed by atoms with van der Waals surface area (Å²) in [4.78, 5) is 6.79. The first kappa shape index (κ1) is 19.4. The van der Waals surface area contributed by atoms with Crippen molar-refractivity contribution in [3.63, 3.8) is 0 Å². The van der Waals surface area contributed by atoms with E-state index in [2.05, 4.69) is 40.5 Å². The Bertz CT molecular complexity index is 694. The topological polar surface area (TPSA) is 55.3 Å². The third-order valence-electron chi connectivity index (χ3n) is 6.51. The van der Waals surface area contributed by atoms with Gasteiger partial charge in [0, 0.05) is 45.1 Å². The van der Waals surface area contributed by atoms with Gasteiger partial charge in [-0.1, -0.05) is 25.3 Å². The molecule has 6 nitrogen and oxygen atoms in total. The Balaban J connectivity index is 1.47. The maximum absolute atomic E-state index is 5.65. The van der Waals surface area contributed by atoms with Crippen LogP contribution < -0.4 is 14.8 Å². The monoisotopic (exact) mass is 387 g/mol. The Labute approximate surface area is 168 Å². The lowest BCUT2D eigenvalue weighted by Crippen LogP contribution is -2.48. The van der Waals surface area contributed by atoms with Gasteiger partial charge in [0.2, 0.25) is 6.79 Å². The number of nitrogens with one attached hydrogen (secondary N) is 1. The molecule has 2 aliphatic heterocycles. The summed E-state index contributed by atoms with van der Waals surface area (Å²) in [6.07, 6.45) is 7.38.